The van der Waals surface area contributed by atoms with Gasteiger partial charge in [-0.25, -0.2) is 4.99 Å². The average Bonchev–Trinajstić information content (AvgIpc) is 2.65. The first-order chi connectivity index (χ1) is 12.5. The molecule has 1 N–H and O–H groups in total. The van der Waals surface area contributed by atoms with E-state index in [1.807, 2.05) is 33.0 Å². The van der Waals surface area contributed by atoms with E-state index >= 15 is 0 Å². The lowest BCUT2D eigenvalue weighted by atomic mass is 10.1. The highest BCUT2D eigenvalue weighted by Gasteiger charge is 2.13. The Balaban J connectivity index is 2.71. The van der Waals surface area contributed by atoms with E-state index < -0.39 is 0 Å². The van der Waals surface area contributed by atoms with Crippen molar-refractivity contribution in [2.24, 2.45) is 4.99 Å². The molecule has 1 aromatic rings. The zero-order valence-corrected chi connectivity index (χ0v) is 16.6. The topological polar surface area (TPSA) is 61.3 Å². The zero-order valence-electron chi connectivity index (χ0n) is 16.6. The second kappa shape index (κ2) is 11.1. The third-order valence-corrected chi connectivity index (χ3v) is 3.75. The van der Waals surface area contributed by atoms with E-state index in [1.54, 1.807) is 27.5 Å². The summed E-state index contributed by atoms with van der Waals surface area (Å²) in [5, 5.41) is 2.97. The number of amidine groups is 1. The first-order valence-electron chi connectivity index (χ1n) is 8.46. The number of allylic oxidation sites excluding steroid dienone is 1. The minimum atomic E-state index is 0.559. The molecule has 0 aliphatic heterocycles. The molecule has 0 radical (unpaired) electrons. The van der Waals surface area contributed by atoms with Gasteiger partial charge in [0.15, 0.2) is 11.5 Å². The van der Waals surface area contributed by atoms with Crippen LogP contribution in [0, 0.1) is 0 Å². The molecular formula is C20H30N2O4. The molecule has 1 aromatic carbocycles. The van der Waals surface area contributed by atoms with E-state index in [0.717, 1.165) is 29.8 Å². The number of methoxy groups -OCH3 is 3. The second-order valence-electron chi connectivity index (χ2n) is 5.72. The molecule has 144 valence electrons. The van der Waals surface area contributed by atoms with Gasteiger partial charge in [0.2, 0.25) is 5.75 Å². The Morgan fingerprint density at radius 1 is 1.12 bits per heavy atom. The summed E-state index contributed by atoms with van der Waals surface area (Å²) >= 11 is 0. The van der Waals surface area contributed by atoms with Crippen LogP contribution in [0.5, 0.6) is 17.2 Å². The Kier molecular flexibility index (Phi) is 9.12. The van der Waals surface area contributed by atoms with Gasteiger partial charge in [-0.3, -0.25) is 0 Å². The van der Waals surface area contributed by atoms with E-state index in [4.69, 9.17) is 18.9 Å². The van der Waals surface area contributed by atoms with Crippen LogP contribution in [-0.4, -0.2) is 40.8 Å². The van der Waals surface area contributed by atoms with Crippen LogP contribution in [0.15, 0.2) is 41.2 Å². The quantitative estimate of drug-likeness (QED) is 0.226. The molecule has 26 heavy (non-hydrogen) atoms. The fourth-order valence-corrected chi connectivity index (χ4v) is 2.23. The van der Waals surface area contributed by atoms with Gasteiger partial charge in [0.25, 0.3) is 0 Å². The van der Waals surface area contributed by atoms with Crippen LogP contribution in [0.2, 0.25) is 0 Å². The molecule has 6 heteroatoms. The van der Waals surface area contributed by atoms with Crippen LogP contribution in [0.4, 0.5) is 0 Å². The van der Waals surface area contributed by atoms with Crippen molar-refractivity contribution < 1.29 is 18.9 Å². The Bertz CT molecular complexity index is 641. The van der Waals surface area contributed by atoms with Crippen LogP contribution >= 0.6 is 0 Å². The number of ether oxygens (including phenoxy) is 4. The molecule has 0 spiro atoms. The Morgan fingerprint density at radius 2 is 1.73 bits per heavy atom. The van der Waals surface area contributed by atoms with Crippen molar-refractivity contribution in [1.29, 1.82) is 0 Å². The fraction of sp³-hybridized carbons (Fsp3) is 0.450. The fourth-order valence-electron chi connectivity index (χ4n) is 2.23. The van der Waals surface area contributed by atoms with E-state index in [0.29, 0.717) is 29.6 Å². The molecule has 1 rings (SSSR count). The number of nitrogens with one attached hydrogen (secondary N) is 1. The molecule has 0 aliphatic carbocycles. The van der Waals surface area contributed by atoms with Gasteiger partial charge in [0, 0.05) is 7.05 Å². The summed E-state index contributed by atoms with van der Waals surface area (Å²) < 4.78 is 21.9. The SMILES string of the molecule is C=C(C)/C(=C\N=C(/C)NC)OCCCc1cc(OC)c(OC)c(OC)c1. The smallest absolute Gasteiger partial charge is 0.203 e. The van der Waals surface area contributed by atoms with Crippen LogP contribution < -0.4 is 19.5 Å². The minimum absolute atomic E-state index is 0.559. The number of hydrogen-bond acceptors (Lipinski definition) is 5. The lowest BCUT2D eigenvalue weighted by Gasteiger charge is -2.14. The van der Waals surface area contributed by atoms with Crippen molar-refractivity contribution in [2.45, 2.75) is 26.7 Å². The van der Waals surface area contributed by atoms with Crippen LogP contribution in [-0.2, 0) is 11.2 Å². The zero-order chi connectivity index (χ0) is 19.5. The second-order valence-corrected chi connectivity index (χ2v) is 5.72. The summed E-state index contributed by atoms with van der Waals surface area (Å²) in [7, 11) is 6.65. The summed E-state index contributed by atoms with van der Waals surface area (Å²) in [5.74, 6) is 3.40. The highest BCUT2D eigenvalue weighted by Crippen LogP contribution is 2.38. The molecule has 0 saturated heterocycles. The van der Waals surface area contributed by atoms with Gasteiger partial charge in [-0.1, -0.05) is 6.58 Å². The van der Waals surface area contributed by atoms with Gasteiger partial charge >= 0.3 is 0 Å². The van der Waals surface area contributed by atoms with Gasteiger partial charge < -0.3 is 24.3 Å². The highest BCUT2D eigenvalue weighted by atomic mass is 16.5. The number of rotatable bonds is 10. The number of aliphatic imine (C=N–C) groups is 1. The molecule has 0 aliphatic rings. The van der Waals surface area contributed by atoms with Crippen molar-refractivity contribution in [1.82, 2.24) is 5.32 Å². The Hall–Kier alpha value is -2.63. The standard InChI is InChI=1S/C20H30N2O4/c1-14(2)19(13-22-15(3)21-4)26-10-8-9-16-11-17(23-5)20(25-7)18(12-16)24-6/h11-13H,1,8-10H2,2-7H3,(H,21,22)/b19-13+. The predicted octanol–water partition coefficient (Wildman–Crippen LogP) is 3.72. The van der Waals surface area contributed by atoms with Gasteiger partial charge in [-0.2, -0.15) is 0 Å². The number of benzene rings is 1. The molecule has 0 bridgehead atoms. The molecule has 0 fully saturated rings. The van der Waals surface area contributed by atoms with E-state index in [1.165, 1.54) is 0 Å². The molecule has 0 saturated carbocycles. The molecule has 0 heterocycles. The van der Waals surface area contributed by atoms with Crippen molar-refractivity contribution in [3.05, 3.63) is 41.8 Å². The number of nitrogens with zero attached hydrogens (tertiary/aromatic N) is 1. The van der Waals surface area contributed by atoms with Gasteiger partial charge in [-0.15, -0.1) is 0 Å². The maximum atomic E-state index is 5.82. The Labute approximate surface area is 156 Å². The molecular weight excluding hydrogens is 332 g/mol. The lowest BCUT2D eigenvalue weighted by Crippen LogP contribution is -2.12. The maximum Gasteiger partial charge on any atom is 0.203 e. The molecule has 0 atom stereocenters. The third-order valence-electron chi connectivity index (χ3n) is 3.75. The highest BCUT2D eigenvalue weighted by molar-refractivity contribution is 5.79. The molecule has 0 unspecified atom stereocenters. The summed E-state index contributed by atoms with van der Waals surface area (Å²) in [5.41, 5.74) is 1.93. The normalized spacial score (nSPS) is 11.8. The molecule has 6 nitrogen and oxygen atoms in total. The number of aryl methyl sites for hydroxylation is 1. The van der Waals surface area contributed by atoms with Crippen molar-refractivity contribution in [2.75, 3.05) is 35.0 Å². The summed E-state index contributed by atoms with van der Waals surface area (Å²) in [6, 6.07) is 3.91. The van der Waals surface area contributed by atoms with Crippen molar-refractivity contribution in [3.8, 4) is 17.2 Å². The van der Waals surface area contributed by atoms with Crippen LogP contribution in [0.1, 0.15) is 25.8 Å². The molecule has 0 amide bonds. The predicted molar refractivity (Wildman–Crippen MR) is 105 cm³/mol. The third kappa shape index (κ3) is 6.35. The van der Waals surface area contributed by atoms with Crippen molar-refractivity contribution in [3.63, 3.8) is 0 Å². The van der Waals surface area contributed by atoms with Gasteiger partial charge in [-0.05, 0) is 50.0 Å². The Morgan fingerprint density at radius 3 is 2.19 bits per heavy atom. The van der Waals surface area contributed by atoms with Crippen LogP contribution in [0.25, 0.3) is 0 Å². The maximum absolute atomic E-state index is 5.82. The summed E-state index contributed by atoms with van der Waals surface area (Å²) in [6.07, 6.45) is 3.34. The summed E-state index contributed by atoms with van der Waals surface area (Å²) in [4.78, 5) is 4.28. The van der Waals surface area contributed by atoms with Crippen molar-refractivity contribution >= 4 is 5.84 Å². The number of hydrogen-bond donors (Lipinski definition) is 1. The molecule has 0 aromatic heterocycles. The van der Waals surface area contributed by atoms with E-state index in [9.17, 15) is 0 Å². The van der Waals surface area contributed by atoms with Crippen LogP contribution in [0.3, 0.4) is 0 Å². The largest absolute Gasteiger partial charge is 0.493 e. The van der Waals surface area contributed by atoms with Gasteiger partial charge in [0.1, 0.15) is 5.76 Å². The first-order valence-corrected chi connectivity index (χ1v) is 8.46. The lowest BCUT2D eigenvalue weighted by molar-refractivity contribution is 0.215. The minimum Gasteiger partial charge on any atom is -0.493 e. The summed E-state index contributed by atoms with van der Waals surface area (Å²) in [6.45, 7) is 8.27. The van der Waals surface area contributed by atoms with Gasteiger partial charge in [0.05, 0.1) is 40.0 Å². The average molecular weight is 362 g/mol. The van der Waals surface area contributed by atoms with E-state index in [2.05, 4.69) is 16.9 Å². The first kappa shape index (κ1) is 21.4. The monoisotopic (exact) mass is 362 g/mol. The van der Waals surface area contributed by atoms with E-state index in [-0.39, 0.29) is 0 Å².